The molecule has 0 unspecified atom stereocenters. The van der Waals surface area contributed by atoms with Gasteiger partial charge in [-0.2, -0.15) is 0 Å². The molecule has 11 nitrogen and oxygen atoms in total. The fraction of sp³-hybridized carbons (Fsp3) is 0.462. The van der Waals surface area contributed by atoms with Crippen molar-refractivity contribution in [3.63, 3.8) is 0 Å². The predicted octanol–water partition coefficient (Wildman–Crippen LogP) is 1.28. The highest BCUT2D eigenvalue weighted by Crippen LogP contribution is 2.38. The highest BCUT2D eigenvalue weighted by atomic mass is 16.7. The standard InChI is InChI=1S/C26H32O11/c1-14(27)5-6-15-7-9-17(10-8-15)36-26-23(30)22(29)21(28)20(37-26)13-35-25(31)16-11-18(32-2)24(34-4)19(12-16)33-3/h7-12,20-23,26,28-30H,5-6,13H2,1-4H3/t20-,21-,22+,23-,26-/m1/s1. The number of carbonyl (C=O) groups is 2. The van der Waals surface area contributed by atoms with Crippen LogP contribution in [0.4, 0.5) is 0 Å². The van der Waals surface area contributed by atoms with E-state index in [-0.39, 0.29) is 22.8 Å². The number of benzene rings is 2. The van der Waals surface area contributed by atoms with Gasteiger partial charge in [-0.15, -0.1) is 0 Å². The Labute approximate surface area is 214 Å². The summed E-state index contributed by atoms with van der Waals surface area (Å²) >= 11 is 0. The largest absolute Gasteiger partial charge is 0.493 e. The van der Waals surface area contributed by atoms with Crippen molar-refractivity contribution >= 4 is 11.8 Å². The Bertz CT molecular complexity index is 1040. The molecule has 0 amide bonds. The van der Waals surface area contributed by atoms with Gasteiger partial charge in [-0.1, -0.05) is 12.1 Å². The number of aliphatic hydroxyl groups is 3. The molecule has 3 rings (SSSR count). The van der Waals surface area contributed by atoms with Crippen LogP contribution >= 0.6 is 0 Å². The van der Waals surface area contributed by atoms with Crippen LogP contribution in [0.1, 0.15) is 29.3 Å². The van der Waals surface area contributed by atoms with Gasteiger partial charge >= 0.3 is 5.97 Å². The van der Waals surface area contributed by atoms with Crippen molar-refractivity contribution in [2.24, 2.45) is 0 Å². The van der Waals surface area contributed by atoms with E-state index in [1.165, 1.54) is 40.4 Å². The van der Waals surface area contributed by atoms with Gasteiger partial charge in [-0.05, 0) is 43.2 Å². The van der Waals surface area contributed by atoms with E-state index in [1.54, 1.807) is 24.3 Å². The van der Waals surface area contributed by atoms with Crippen LogP contribution in [0.2, 0.25) is 0 Å². The van der Waals surface area contributed by atoms with E-state index in [0.717, 1.165) is 5.56 Å². The molecule has 1 fully saturated rings. The fourth-order valence-electron chi connectivity index (χ4n) is 3.78. The molecule has 37 heavy (non-hydrogen) atoms. The molecule has 0 spiro atoms. The summed E-state index contributed by atoms with van der Waals surface area (Å²) in [6.45, 7) is 1.09. The first-order valence-corrected chi connectivity index (χ1v) is 11.6. The van der Waals surface area contributed by atoms with E-state index in [2.05, 4.69) is 0 Å². The molecule has 2 aromatic carbocycles. The number of aliphatic hydroxyl groups excluding tert-OH is 3. The van der Waals surface area contributed by atoms with Gasteiger partial charge in [0.25, 0.3) is 0 Å². The van der Waals surface area contributed by atoms with Gasteiger partial charge < -0.3 is 48.5 Å². The lowest BCUT2D eigenvalue weighted by Gasteiger charge is -2.39. The summed E-state index contributed by atoms with van der Waals surface area (Å²) in [6.07, 6.45) is -6.24. The van der Waals surface area contributed by atoms with E-state index in [1.807, 2.05) is 0 Å². The third kappa shape index (κ3) is 6.89. The minimum atomic E-state index is -1.61. The fourth-order valence-corrected chi connectivity index (χ4v) is 3.78. The van der Waals surface area contributed by atoms with Crippen LogP contribution in [0.5, 0.6) is 23.0 Å². The van der Waals surface area contributed by atoms with E-state index < -0.39 is 43.3 Å². The number of aryl methyl sites for hydroxylation is 1. The zero-order valence-electron chi connectivity index (χ0n) is 21.1. The van der Waals surface area contributed by atoms with Gasteiger partial charge in [0, 0.05) is 6.42 Å². The van der Waals surface area contributed by atoms with Crippen LogP contribution in [-0.4, -0.2) is 85.7 Å². The zero-order chi connectivity index (χ0) is 27.1. The first kappa shape index (κ1) is 28.2. The molecule has 0 aromatic heterocycles. The third-order valence-corrected chi connectivity index (χ3v) is 5.89. The average molecular weight is 521 g/mol. The SMILES string of the molecule is COc1cc(C(=O)OC[C@H]2O[C@@H](Oc3ccc(CCC(C)=O)cc3)[C@H](O)[C@@H](O)[C@@H]2O)cc(OC)c1OC. The van der Waals surface area contributed by atoms with Gasteiger partial charge in [0.2, 0.25) is 12.0 Å². The van der Waals surface area contributed by atoms with Crippen molar-refractivity contribution in [1.82, 2.24) is 0 Å². The molecule has 11 heteroatoms. The van der Waals surface area contributed by atoms with Gasteiger partial charge in [0.1, 0.15) is 42.6 Å². The predicted molar refractivity (Wildman–Crippen MR) is 129 cm³/mol. The number of ether oxygens (including phenoxy) is 6. The number of hydrogen-bond acceptors (Lipinski definition) is 11. The van der Waals surface area contributed by atoms with Crippen LogP contribution in [0.3, 0.4) is 0 Å². The summed E-state index contributed by atoms with van der Waals surface area (Å²) < 4.78 is 32.3. The van der Waals surface area contributed by atoms with Crippen LogP contribution in [-0.2, 0) is 20.7 Å². The lowest BCUT2D eigenvalue weighted by Crippen LogP contribution is -2.60. The van der Waals surface area contributed by atoms with Crippen LogP contribution in [0.25, 0.3) is 0 Å². The van der Waals surface area contributed by atoms with Gasteiger partial charge in [-0.25, -0.2) is 4.79 Å². The number of rotatable bonds is 11. The number of Topliss-reactive ketones (excluding diaryl/α,β-unsaturated/α-hetero) is 1. The van der Waals surface area contributed by atoms with E-state index in [9.17, 15) is 24.9 Å². The summed E-state index contributed by atoms with van der Waals surface area (Å²) in [5, 5.41) is 31.1. The molecule has 202 valence electrons. The molecule has 0 aliphatic carbocycles. The molecular formula is C26H32O11. The molecule has 1 heterocycles. The average Bonchev–Trinajstić information content (AvgIpc) is 2.90. The lowest BCUT2D eigenvalue weighted by molar-refractivity contribution is -0.277. The van der Waals surface area contributed by atoms with Crippen LogP contribution in [0, 0.1) is 0 Å². The maximum Gasteiger partial charge on any atom is 0.338 e. The van der Waals surface area contributed by atoms with Crippen molar-refractivity contribution in [2.75, 3.05) is 27.9 Å². The Balaban J connectivity index is 1.66. The van der Waals surface area contributed by atoms with E-state index in [0.29, 0.717) is 24.3 Å². The van der Waals surface area contributed by atoms with Crippen molar-refractivity contribution < 1.29 is 53.3 Å². The van der Waals surface area contributed by atoms with E-state index >= 15 is 0 Å². The van der Waals surface area contributed by atoms with Crippen LogP contribution < -0.4 is 18.9 Å². The summed E-state index contributed by atoms with van der Waals surface area (Å²) in [5.41, 5.74) is 1.03. The summed E-state index contributed by atoms with van der Waals surface area (Å²) in [7, 11) is 4.25. The van der Waals surface area contributed by atoms with Crippen molar-refractivity contribution in [3.05, 3.63) is 47.5 Å². The second-order valence-electron chi connectivity index (χ2n) is 8.49. The topological polar surface area (TPSA) is 150 Å². The number of carbonyl (C=O) groups excluding carboxylic acids is 2. The number of ketones is 1. The van der Waals surface area contributed by atoms with E-state index in [4.69, 9.17) is 28.4 Å². The molecule has 1 aliphatic rings. The molecule has 1 aliphatic heterocycles. The Morgan fingerprint density at radius 1 is 0.892 bits per heavy atom. The Kier molecular flexibility index (Phi) is 9.70. The third-order valence-electron chi connectivity index (χ3n) is 5.89. The summed E-state index contributed by atoms with van der Waals surface area (Å²) in [6, 6.07) is 9.65. The number of methoxy groups -OCH3 is 3. The molecule has 5 atom stereocenters. The minimum absolute atomic E-state index is 0.0867. The lowest BCUT2D eigenvalue weighted by atomic mass is 9.99. The molecule has 0 saturated carbocycles. The van der Waals surface area contributed by atoms with Crippen molar-refractivity contribution in [3.8, 4) is 23.0 Å². The second kappa shape index (κ2) is 12.7. The summed E-state index contributed by atoms with van der Waals surface area (Å²) in [4.78, 5) is 23.9. The van der Waals surface area contributed by atoms with Crippen molar-refractivity contribution in [2.45, 2.75) is 50.5 Å². The Morgan fingerprint density at radius 3 is 2.05 bits per heavy atom. The minimum Gasteiger partial charge on any atom is -0.493 e. The van der Waals surface area contributed by atoms with Crippen molar-refractivity contribution in [1.29, 1.82) is 0 Å². The van der Waals surface area contributed by atoms with Gasteiger partial charge in [0.05, 0.1) is 26.9 Å². The smallest absolute Gasteiger partial charge is 0.338 e. The quantitative estimate of drug-likeness (QED) is 0.368. The normalized spacial score (nSPS) is 23.2. The maximum absolute atomic E-state index is 12.7. The maximum atomic E-state index is 12.7. The second-order valence-corrected chi connectivity index (χ2v) is 8.49. The molecule has 2 aromatic rings. The monoisotopic (exact) mass is 520 g/mol. The molecule has 0 radical (unpaired) electrons. The highest BCUT2D eigenvalue weighted by molar-refractivity contribution is 5.91. The zero-order valence-corrected chi connectivity index (χ0v) is 21.1. The first-order valence-electron chi connectivity index (χ1n) is 11.6. The summed E-state index contributed by atoms with van der Waals surface area (Å²) in [5.74, 6) is 0.464. The molecule has 0 bridgehead atoms. The number of hydrogen-bond donors (Lipinski definition) is 3. The van der Waals surface area contributed by atoms with Gasteiger partial charge in [-0.3, -0.25) is 0 Å². The first-order chi connectivity index (χ1) is 17.7. The molecule has 3 N–H and O–H groups in total. The molecular weight excluding hydrogens is 488 g/mol. The molecule has 1 saturated heterocycles. The Morgan fingerprint density at radius 2 is 1.51 bits per heavy atom. The van der Waals surface area contributed by atoms with Crippen LogP contribution in [0.15, 0.2) is 36.4 Å². The highest BCUT2D eigenvalue weighted by Gasteiger charge is 2.45. The number of esters is 1. The van der Waals surface area contributed by atoms with Gasteiger partial charge in [0.15, 0.2) is 11.5 Å². The Hall–Kier alpha value is -3.38.